The van der Waals surface area contributed by atoms with Gasteiger partial charge < -0.3 is 10.8 Å². The third-order valence-corrected chi connectivity index (χ3v) is 4.13. The lowest BCUT2D eigenvalue weighted by Gasteiger charge is -2.18. The van der Waals surface area contributed by atoms with E-state index < -0.39 is 40.7 Å². The highest BCUT2D eigenvalue weighted by atomic mass is 35.5. The van der Waals surface area contributed by atoms with E-state index in [-0.39, 0.29) is 5.02 Å². The molecular formula is C14H12ClFN2O3. The Hall–Kier alpha value is -2.08. The van der Waals surface area contributed by atoms with E-state index in [0.29, 0.717) is 23.3 Å². The number of phenols is 1. The number of carbonyl (C=O) groups excluding carboxylic acids is 2. The summed E-state index contributed by atoms with van der Waals surface area (Å²) in [6.07, 6.45) is 3.76. The Morgan fingerprint density at radius 1 is 1.43 bits per heavy atom. The van der Waals surface area contributed by atoms with Crippen LogP contribution >= 0.6 is 11.6 Å². The SMILES string of the molecule is Nc1c(O)c(Cl)cc(F)c1N1C(=O)C2=CCCCC2C1=O. The molecular weight excluding hydrogens is 299 g/mol. The Bertz CT molecular complexity index is 702. The van der Waals surface area contributed by atoms with Gasteiger partial charge in [-0.1, -0.05) is 17.7 Å². The van der Waals surface area contributed by atoms with Crippen molar-refractivity contribution < 1.29 is 19.1 Å². The number of carbonyl (C=O) groups is 2. The molecule has 1 saturated heterocycles. The van der Waals surface area contributed by atoms with Crippen LogP contribution in [-0.4, -0.2) is 16.9 Å². The van der Waals surface area contributed by atoms with Gasteiger partial charge in [0.15, 0.2) is 11.6 Å². The molecule has 0 aromatic heterocycles. The third kappa shape index (κ3) is 1.90. The van der Waals surface area contributed by atoms with Gasteiger partial charge in [0.05, 0.1) is 10.9 Å². The lowest BCUT2D eigenvalue weighted by Crippen LogP contribution is -2.32. The van der Waals surface area contributed by atoms with Gasteiger partial charge in [-0.05, 0) is 25.3 Å². The molecule has 1 aromatic carbocycles. The van der Waals surface area contributed by atoms with Crippen LogP contribution < -0.4 is 10.6 Å². The largest absolute Gasteiger partial charge is 0.504 e. The first-order valence-corrected chi connectivity index (χ1v) is 6.86. The number of halogens is 2. The monoisotopic (exact) mass is 310 g/mol. The molecule has 1 aliphatic heterocycles. The molecule has 1 aliphatic carbocycles. The van der Waals surface area contributed by atoms with Gasteiger partial charge in [-0.25, -0.2) is 9.29 Å². The predicted molar refractivity (Wildman–Crippen MR) is 75.4 cm³/mol. The summed E-state index contributed by atoms with van der Waals surface area (Å²) in [5.41, 5.74) is 5.17. The van der Waals surface area contributed by atoms with Crippen LogP contribution in [0.1, 0.15) is 19.3 Å². The number of nitrogens with zero attached hydrogens (tertiary/aromatic N) is 1. The Morgan fingerprint density at radius 2 is 2.14 bits per heavy atom. The number of phenolic OH excluding ortho intramolecular Hbond substituents is 1. The summed E-state index contributed by atoms with van der Waals surface area (Å²) in [6.45, 7) is 0. The maximum Gasteiger partial charge on any atom is 0.261 e. The molecule has 2 amide bonds. The maximum atomic E-state index is 14.1. The van der Waals surface area contributed by atoms with Crippen LogP contribution in [0.2, 0.25) is 5.02 Å². The lowest BCUT2D eigenvalue weighted by molar-refractivity contribution is -0.122. The minimum Gasteiger partial charge on any atom is -0.504 e. The van der Waals surface area contributed by atoms with E-state index in [1.807, 2.05) is 0 Å². The van der Waals surface area contributed by atoms with Crippen molar-refractivity contribution in [3.63, 3.8) is 0 Å². The third-order valence-electron chi connectivity index (χ3n) is 3.84. The van der Waals surface area contributed by atoms with Crippen molar-refractivity contribution in [2.75, 3.05) is 10.6 Å². The van der Waals surface area contributed by atoms with Crippen molar-refractivity contribution in [2.45, 2.75) is 19.3 Å². The van der Waals surface area contributed by atoms with Gasteiger partial charge >= 0.3 is 0 Å². The van der Waals surface area contributed by atoms with Gasteiger partial charge in [-0.15, -0.1) is 0 Å². The van der Waals surface area contributed by atoms with Gasteiger partial charge in [0.25, 0.3) is 5.91 Å². The number of nitrogens with two attached hydrogens (primary N) is 1. The van der Waals surface area contributed by atoms with E-state index in [1.54, 1.807) is 6.08 Å². The van der Waals surface area contributed by atoms with Crippen molar-refractivity contribution in [1.82, 2.24) is 0 Å². The molecule has 2 aliphatic rings. The molecule has 0 spiro atoms. The number of allylic oxidation sites excluding steroid dienone is 1. The van der Waals surface area contributed by atoms with Gasteiger partial charge in [0.1, 0.15) is 11.4 Å². The molecule has 110 valence electrons. The number of anilines is 2. The number of benzene rings is 1. The van der Waals surface area contributed by atoms with Gasteiger partial charge in [-0.2, -0.15) is 0 Å². The molecule has 1 aromatic rings. The zero-order chi connectivity index (χ0) is 15.3. The molecule has 1 fully saturated rings. The Balaban J connectivity index is 2.16. The molecule has 1 heterocycles. The van der Waals surface area contributed by atoms with Crippen molar-refractivity contribution in [1.29, 1.82) is 0 Å². The van der Waals surface area contributed by atoms with Crippen molar-refractivity contribution >= 4 is 34.8 Å². The smallest absolute Gasteiger partial charge is 0.261 e. The highest BCUT2D eigenvalue weighted by Crippen LogP contribution is 2.44. The van der Waals surface area contributed by atoms with E-state index in [1.165, 1.54) is 0 Å². The van der Waals surface area contributed by atoms with Crippen LogP contribution in [-0.2, 0) is 9.59 Å². The summed E-state index contributed by atoms with van der Waals surface area (Å²) >= 11 is 5.62. The van der Waals surface area contributed by atoms with Gasteiger partial charge in [0.2, 0.25) is 5.91 Å². The quantitative estimate of drug-likeness (QED) is 0.474. The van der Waals surface area contributed by atoms with Crippen molar-refractivity contribution in [2.24, 2.45) is 5.92 Å². The second kappa shape index (κ2) is 4.73. The standard InChI is InChI=1S/C14H12ClFN2O3/c15-8-5-9(16)11(10(17)12(8)19)18-13(20)6-3-1-2-4-7(6)14(18)21/h3,5,7,19H,1-2,4,17H2. The molecule has 1 unspecified atom stereocenters. The minimum atomic E-state index is -0.920. The van der Waals surface area contributed by atoms with E-state index in [2.05, 4.69) is 0 Å². The molecule has 0 bridgehead atoms. The molecule has 0 radical (unpaired) electrons. The van der Waals surface area contributed by atoms with Crippen LogP contribution in [0.25, 0.3) is 0 Å². The summed E-state index contributed by atoms with van der Waals surface area (Å²) in [5.74, 6) is -3.12. The van der Waals surface area contributed by atoms with E-state index in [4.69, 9.17) is 17.3 Å². The first kappa shape index (κ1) is 13.9. The average molecular weight is 311 g/mol. The van der Waals surface area contributed by atoms with Crippen molar-refractivity contribution in [3.8, 4) is 5.75 Å². The topological polar surface area (TPSA) is 83.6 Å². The molecule has 1 atom stereocenters. The normalized spacial score (nSPS) is 21.5. The molecule has 5 nitrogen and oxygen atoms in total. The summed E-state index contributed by atoms with van der Waals surface area (Å²) in [4.78, 5) is 25.4. The number of aromatic hydroxyl groups is 1. The van der Waals surface area contributed by atoms with Gasteiger partial charge in [-0.3, -0.25) is 9.59 Å². The molecule has 3 rings (SSSR count). The number of nitrogen functional groups attached to an aromatic ring is 1. The maximum absolute atomic E-state index is 14.1. The van der Waals surface area contributed by atoms with Crippen LogP contribution in [0, 0.1) is 11.7 Å². The molecule has 7 heteroatoms. The number of amides is 2. The lowest BCUT2D eigenvalue weighted by atomic mass is 9.90. The zero-order valence-corrected chi connectivity index (χ0v) is 11.7. The first-order chi connectivity index (χ1) is 9.93. The fourth-order valence-corrected chi connectivity index (χ4v) is 3.01. The first-order valence-electron chi connectivity index (χ1n) is 6.48. The fraction of sp³-hybridized carbons (Fsp3) is 0.286. The van der Waals surface area contributed by atoms with Gasteiger partial charge in [0, 0.05) is 5.57 Å². The van der Waals surface area contributed by atoms with Crippen molar-refractivity contribution in [3.05, 3.63) is 28.6 Å². The number of rotatable bonds is 1. The fourth-order valence-electron chi connectivity index (χ4n) is 2.81. The molecule has 0 saturated carbocycles. The minimum absolute atomic E-state index is 0.274. The summed E-state index contributed by atoms with van der Waals surface area (Å²) < 4.78 is 14.1. The average Bonchev–Trinajstić information content (AvgIpc) is 2.71. The van der Waals surface area contributed by atoms with E-state index in [0.717, 1.165) is 12.5 Å². The number of hydrogen-bond acceptors (Lipinski definition) is 4. The van der Waals surface area contributed by atoms with Crippen LogP contribution in [0.4, 0.5) is 15.8 Å². The van der Waals surface area contributed by atoms with Crippen LogP contribution in [0.5, 0.6) is 5.75 Å². The second-order valence-corrected chi connectivity index (χ2v) is 5.48. The summed E-state index contributed by atoms with van der Waals surface area (Å²) in [7, 11) is 0. The zero-order valence-electron chi connectivity index (χ0n) is 10.9. The summed E-state index contributed by atoms with van der Waals surface area (Å²) in [5, 5.41) is 9.44. The highest BCUT2D eigenvalue weighted by molar-refractivity contribution is 6.34. The Morgan fingerprint density at radius 3 is 2.81 bits per heavy atom. The number of hydrogen-bond donors (Lipinski definition) is 2. The van der Waals surface area contributed by atoms with E-state index >= 15 is 0 Å². The summed E-state index contributed by atoms with van der Waals surface area (Å²) in [6, 6.07) is 0.833. The Kier molecular flexibility index (Phi) is 3.13. The number of imide groups is 1. The van der Waals surface area contributed by atoms with Crippen LogP contribution in [0.3, 0.4) is 0 Å². The second-order valence-electron chi connectivity index (χ2n) is 5.07. The number of fused-ring (bicyclic) bond motifs is 1. The highest BCUT2D eigenvalue weighted by Gasteiger charge is 2.46. The van der Waals surface area contributed by atoms with Crippen LogP contribution in [0.15, 0.2) is 17.7 Å². The predicted octanol–water partition coefficient (Wildman–Crippen LogP) is 2.37. The molecule has 21 heavy (non-hydrogen) atoms. The Labute approximate surface area is 124 Å². The molecule has 3 N–H and O–H groups in total. The van der Waals surface area contributed by atoms with E-state index in [9.17, 15) is 19.1 Å².